The van der Waals surface area contributed by atoms with Crippen molar-refractivity contribution in [2.75, 3.05) is 4.90 Å². The Morgan fingerprint density at radius 1 is 0.964 bits per heavy atom. The third-order valence-corrected chi connectivity index (χ3v) is 6.35. The quantitative estimate of drug-likeness (QED) is 0.472. The maximum Gasteiger partial charge on any atom is 0.348 e. The summed E-state index contributed by atoms with van der Waals surface area (Å²) >= 11 is 2.95. The molecule has 0 N–H and O–H groups in total. The van der Waals surface area contributed by atoms with Crippen LogP contribution in [-0.4, -0.2) is 16.8 Å². The molecule has 1 aliphatic rings. The molecule has 8 heteroatoms. The lowest BCUT2D eigenvalue weighted by Gasteiger charge is -2.13. The highest BCUT2D eigenvalue weighted by molar-refractivity contribution is 7.18. The number of carbonyl (C=O) groups is 2. The van der Waals surface area contributed by atoms with Gasteiger partial charge in [0.25, 0.3) is 0 Å². The van der Waals surface area contributed by atoms with Crippen LogP contribution in [0.5, 0.6) is 0 Å². The highest BCUT2D eigenvalue weighted by Crippen LogP contribution is 2.35. The minimum absolute atomic E-state index is 0.205. The third-order valence-electron chi connectivity index (χ3n) is 4.58. The Labute approximate surface area is 166 Å². The summed E-state index contributed by atoms with van der Waals surface area (Å²) in [6.45, 7) is 0. The number of fused-ring (bicyclic) bond motifs is 1. The SMILES string of the molecule is O=C1CCC(=O)N1c1ccc(-c2nc3scc(-c4cccs4)c3c(=O)o2)cc1. The van der Waals surface area contributed by atoms with E-state index in [9.17, 15) is 14.4 Å². The molecule has 0 aliphatic carbocycles. The van der Waals surface area contributed by atoms with Gasteiger partial charge in [0.05, 0.1) is 5.69 Å². The van der Waals surface area contributed by atoms with E-state index in [0.29, 0.717) is 21.5 Å². The fraction of sp³-hybridized carbons (Fsp3) is 0.100. The van der Waals surface area contributed by atoms with Crippen LogP contribution in [-0.2, 0) is 9.59 Å². The van der Waals surface area contributed by atoms with Gasteiger partial charge in [0.15, 0.2) is 0 Å². The highest BCUT2D eigenvalue weighted by atomic mass is 32.1. The number of hydrogen-bond acceptors (Lipinski definition) is 7. The third kappa shape index (κ3) is 2.69. The molecule has 1 fully saturated rings. The summed E-state index contributed by atoms with van der Waals surface area (Å²) < 4.78 is 5.48. The zero-order chi connectivity index (χ0) is 19.3. The van der Waals surface area contributed by atoms with Crippen LogP contribution in [0.15, 0.2) is 56.4 Å². The molecule has 0 atom stereocenters. The Morgan fingerprint density at radius 2 is 1.71 bits per heavy atom. The van der Waals surface area contributed by atoms with Gasteiger partial charge in [-0.05, 0) is 35.7 Å². The van der Waals surface area contributed by atoms with Crippen molar-refractivity contribution in [1.82, 2.24) is 4.98 Å². The maximum atomic E-state index is 12.6. The second-order valence-electron chi connectivity index (χ2n) is 6.28. The van der Waals surface area contributed by atoms with Crippen LogP contribution in [0.3, 0.4) is 0 Å². The summed E-state index contributed by atoms with van der Waals surface area (Å²) in [7, 11) is 0. The Morgan fingerprint density at radius 3 is 2.39 bits per heavy atom. The van der Waals surface area contributed by atoms with Gasteiger partial charge >= 0.3 is 5.63 Å². The predicted octanol–water partition coefficient (Wildman–Crippen LogP) is 4.30. The number of imide groups is 1. The van der Waals surface area contributed by atoms with Crippen molar-refractivity contribution in [3.05, 3.63) is 57.6 Å². The molecule has 1 saturated heterocycles. The summed E-state index contributed by atoms with van der Waals surface area (Å²) in [5, 5.41) is 4.36. The topological polar surface area (TPSA) is 80.5 Å². The van der Waals surface area contributed by atoms with E-state index in [1.54, 1.807) is 35.6 Å². The predicted molar refractivity (Wildman–Crippen MR) is 109 cm³/mol. The van der Waals surface area contributed by atoms with Crippen molar-refractivity contribution < 1.29 is 14.0 Å². The summed E-state index contributed by atoms with van der Waals surface area (Å²) in [6, 6.07) is 10.6. The highest BCUT2D eigenvalue weighted by Gasteiger charge is 2.30. The van der Waals surface area contributed by atoms with Crippen molar-refractivity contribution in [2.24, 2.45) is 0 Å². The van der Waals surface area contributed by atoms with E-state index in [-0.39, 0.29) is 30.5 Å². The zero-order valence-corrected chi connectivity index (χ0v) is 16.0. The molecule has 4 aromatic rings. The van der Waals surface area contributed by atoms with Crippen molar-refractivity contribution in [3.8, 4) is 21.9 Å². The molecule has 0 spiro atoms. The van der Waals surface area contributed by atoms with Gasteiger partial charge in [-0.1, -0.05) is 6.07 Å². The van der Waals surface area contributed by atoms with Crippen LogP contribution < -0.4 is 10.5 Å². The molecule has 5 rings (SSSR count). The standard InChI is InChI=1S/C20H12N2O4S2/c23-15-7-8-16(24)22(15)12-5-3-11(4-6-12)18-21-19-17(20(25)26-18)13(10-28-19)14-2-1-9-27-14/h1-6,9-10H,7-8H2. The number of hydrogen-bond donors (Lipinski definition) is 0. The number of nitrogens with zero attached hydrogens (tertiary/aromatic N) is 2. The minimum Gasteiger partial charge on any atom is -0.403 e. The second-order valence-corrected chi connectivity index (χ2v) is 8.09. The molecular formula is C20H12N2O4S2. The molecule has 28 heavy (non-hydrogen) atoms. The molecular weight excluding hydrogens is 396 g/mol. The van der Waals surface area contributed by atoms with Crippen molar-refractivity contribution in [1.29, 1.82) is 0 Å². The van der Waals surface area contributed by atoms with Crippen LogP contribution in [0.25, 0.3) is 32.1 Å². The maximum absolute atomic E-state index is 12.6. The van der Waals surface area contributed by atoms with Crippen molar-refractivity contribution in [2.45, 2.75) is 12.8 Å². The summed E-state index contributed by atoms with van der Waals surface area (Å²) in [4.78, 5) is 43.6. The second kappa shape index (κ2) is 6.50. The summed E-state index contributed by atoms with van der Waals surface area (Å²) in [6.07, 6.45) is 0.470. The lowest BCUT2D eigenvalue weighted by molar-refractivity contribution is -0.121. The normalized spacial score (nSPS) is 14.4. The van der Waals surface area contributed by atoms with Gasteiger partial charge in [0.1, 0.15) is 10.2 Å². The largest absolute Gasteiger partial charge is 0.403 e. The summed E-state index contributed by atoms with van der Waals surface area (Å²) in [5.74, 6) is -0.199. The minimum atomic E-state index is -0.432. The molecule has 0 saturated carbocycles. The number of rotatable bonds is 3. The first kappa shape index (κ1) is 17.0. The molecule has 0 bridgehead atoms. The Bertz CT molecular complexity index is 1250. The molecule has 6 nitrogen and oxygen atoms in total. The van der Waals surface area contributed by atoms with E-state index in [1.807, 2.05) is 22.9 Å². The first-order valence-electron chi connectivity index (χ1n) is 8.54. The number of aromatic nitrogens is 1. The lowest BCUT2D eigenvalue weighted by Crippen LogP contribution is -2.28. The molecule has 3 aromatic heterocycles. The fourth-order valence-corrected chi connectivity index (χ4v) is 4.98. The van der Waals surface area contributed by atoms with Crippen LogP contribution in [0, 0.1) is 0 Å². The lowest BCUT2D eigenvalue weighted by atomic mass is 10.2. The van der Waals surface area contributed by atoms with E-state index in [0.717, 1.165) is 10.4 Å². The van der Waals surface area contributed by atoms with Crippen molar-refractivity contribution in [3.63, 3.8) is 0 Å². The number of amides is 2. The molecule has 4 heterocycles. The number of benzene rings is 1. The number of carbonyl (C=O) groups excluding carboxylic acids is 2. The molecule has 2 amide bonds. The zero-order valence-electron chi connectivity index (χ0n) is 14.4. The molecule has 1 aliphatic heterocycles. The Hall–Kier alpha value is -3.10. The van der Waals surface area contributed by atoms with Gasteiger partial charge in [-0.3, -0.25) is 14.5 Å². The number of anilines is 1. The molecule has 0 unspecified atom stereocenters. The Kier molecular flexibility index (Phi) is 3.96. The van der Waals surface area contributed by atoms with E-state index in [1.165, 1.54) is 16.2 Å². The first-order chi connectivity index (χ1) is 13.6. The van der Waals surface area contributed by atoms with Crippen LogP contribution in [0.4, 0.5) is 5.69 Å². The average Bonchev–Trinajstić information content (AvgIpc) is 3.42. The van der Waals surface area contributed by atoms with Crippen LogP contribution in [0.1, 0.15) is 12.8 Å². The first-order valence-corrected chi connectivity index (χ1v) is 10.3. The fourth-order valence-electron chi connectivity index (χ4n) is 3.24. The van der Waals surface area contributed by atoms with Gasteiger partial charge in [0.2, 0.25) is 17.7 Å². The monoisotopic (exact) mass is 408 g/mol. The van der Waals surface area contributed by atoms with E-state index in [4.69, 9.17) is 4.42 Å². The van der Waals surface area contributed by atoms with Gasteiger partial charge in [-0.25, -0.2) is 9.78 Å². The van der Waals surface area contributed by atoms with E-state index in [2.05, 4.69) is 4.98 Å². The van der Waals surface area contributed by atoms with Gasteiger partial charge < -0.3 is 4.42 Å². The Balaban J connectivity index is 1.54. The molecule has 0 radical (unpaired) electrons. The smallest absolute Gasteiger partial charge is 0.348 e. The van der Waals surface area contributed by atoms with Crippen LogP contribution >= 0.6 is 22.7 Å². The average molecular weight is 408 g/mol. The molecule has 1 aromatic carbocycles. The van der Waals surface area contributed by atoms with E-state index < -0.39 is 5.63 Å². The van der Waals surface area contributed by atoms with Crippen molar-refractivity contribution >= 4 is 50.4 Å². The summed E-state index contributed by atoms with van der Waals surface area (Å²) in [5.41, 5.74) is 1.52. The van der Waals surface area contributed by atoms with Gasteiger partial charge in [0, 0.05) is 34.2 Å². The molecule has 138 valence electrons. The van der Waals surface area contributed by atoms with Crippen LogP contribution in [0.2, 0.25) is 0 Å². The number of thiophene rings is 2. The van der Waals surface area contributed by atoms with E-state index >= 15 is 0 Å². The van der Waals surface area contributed by atoms with Gasteiger partial charge in [-0.2, -0.15) is 0 Å². The van der Waals surface area contributed by atoms with Gasteiger partial charge in [-0.15, -0.1) is 22.7 Å².